The second-order valence-electron chi connectivity index (χ2n) is 7.81. The van der Waals surface area contributed by atoms with Crippen LogP contribution in [0.25, 0.3) is 5.57 Å². The van der Waals surface area contributed by atoms with E-state index in [1.807, 2.05) is 26.0 Å². The molecule has 1 aliphatic heterocycles. The van der Waals surface area contributed by atoms with E-state index in [-0.39, 0.29) is 23.4 Å². The number of nitrogens with zero attached hydrogens (tertiary/aromatic N) is 1. The van der Waals surface area contributed by atoms with Gasteiger partial charge in [0.05, 0.1) is 24.3 Å². The molecule has 4 rings (SSSR count). The minimum absolute atomic E-state index is 0.112. The zero-order valence-corrected chi connectivity index (χ0v) is 19.2. The number of ether oxygens (including phenoxy) is 1. The summed E-state index contributed by atoms with van der Waals surface area (Å²) in [6.45, 7) is 3.74. The van der Waals surface area contributed by atoms with Gasteiger partial charge in [-0.15, -0.1) is 0 Å². The molecule has 3 aromatic carbocycles. The number of imide groups is 1. The summed E-state index contributed by atoms with van der Waals surface area (Å²) in [6.07, 6.45) is 0. The summed E-state index contributed by atoms with van der Waals surface area (Å²) >= 11 is 6.24. The maximum absolute atomic E-state index is 14.3. The van der Waals surface area contributed by atoms with Crippen molar-refractivity contribution in [3.63, 3.8) is 0 Å². The minimum atomic E-state index is -0.538. The Hall–Kier alpha value is -3.64. The van der Waals surface area contributed by atoms with Crippen molar-refractivity contribution in [2.45, 2.75) is 20.4 Å². The van der Waals surface area contributed by atoms with Crippen LogP contribution in [0.1, 0.15) is 22.3 Å². The molecule has 7 heteroatoms. The van der Waals surface area contributed by atoms with Crippen LogP contribution in [0, 0.1) is 19.7 Å². The van der Waals surface area contributed by atoms with E-state index in [1.54, 1.807) is 42.5 Å². The molecule has 3 aromatic rings. The lowest BCUT2D eigenvalue weighted by atomic mass is 9.99. The lowest BCUT2D eigenvalue weighted by Crippen LogP contribution is -2.32. The number of nitrogens with one attached hydrogen (secondary N) is 1. The van der Waals surface area contributed by atoms with Gasteiger partial charge in [0, 0.05) is 11.3 Å². The molecule has 1 aliphatic rings. The number of carbonyl (C=O) groups is 2. The van der Waals surface area contributed by atoms with E-state index in [4.69, 9.17) is 16.3 Å². The number of halogens is 2. The number of carbonyl (C=O) groups excluding carboxylic acids is 2. The fourth-order valence-electron chi connectivity index (χ4n) is 3.69. The molecule has 0 saturated carbocycles. The Labute approximate surface area is 196 Å². The SMILES string of the molecule is COc1ccc(NC2=C(c3ccc(C)c(C)c3)C(=O)N(Cc3ccccc3F)C2=O)cc1Cl. The molecule has 5 nitrogen and oxygen atoms in total. The zero-order valence-electron chi connectivity index (χ0n) is 18.4. The highest BCUT2D eigenvalue weighted by Gasteiger charge is 2.39. The summed E-state index contributed by atoms with van der Waals surface area (Å²) in [4.78, 5) is 27.9. The Morgan fingerprint density at radius 2 is 1.73 bits per heavy atom. The van der Waals surface area contributed by atoms with Crippen molar-refractivity contribution >= 4 is 34.7 Å². The second kappa shape index (κ2) is 9.08. The summed E-state index contributed by atoms with van der Waals surface area (Å²) in [6, 6.07) is 16.6. The topological polar surface area (TPSA) is 58.6 Å². The first-order valence-corrected chi connectivity index (χ1v) is 10.7. The first-order chi connectivity index (χ1) is 15.8. The average molecular weight is 465 g/mol. The average Bonchev–Trinajstić information content (AvgIpc) is 3.01. The molecule has 0 aliphatic carbocycles. The number of rotatable bonds is 6. The molecule has 0 bridgehead atoms. The van der Waals surface area contributed by atoms with E-state index >= 15 is 0 Å². The molecule has 0 radical (unpaired) electrons. The van der Waals surface area contributed by atoms with E-state index in [2.05, 4.69) is 5.32 Å². The van der Waals surface area contributed by atoms with Crippen LogP contribution in [0.2, 0.25) is 5.02 Å². The van der Waals surface area contributed by atoms with Crippen molar-refractivity contribution in [2.75, 3.05) is 12.4 Å². The van der Waals surface area contributed by atoms with Gasteiger partial charge in [-0.3, -0.25) is 14.5 Å². The van der Waals surface area contributed by atoms with Crippen molar-refractivity contribution in [1.82, 2.24) is 4.90 Å². The number of hydrogen-bond donors (Lipinski definition) is 1. The standard InChI is InChI=1S/C26H22ClFN2O3/c1-15-8-9-17(12-16(15)2)23-24(29-19-10-11-22(33-3)20(27)13-19)26(32)30(25(23)31)14-18-6-4-5-7-21(18)28/h4-13,29H,14H2,1-3H3. The predicted octanol–water partition coefficient (Wildman–Crippen LogP) is 5.50. The van der Waals surface area contributed by atoms with Gasteiger partial charge >= 0.3 is 0 Å². The summed E-state index contributed by atoms with van der Waals surface area (Å²) in [5.41, 5.74) is 3.77. The lowest BCUT2D eigenvalue weighted by molar-refractivity contribution is -0.137. The molecular weight excluding hydrogens is 443 g/mol. The van der Waals surface area contributed by atoms with Crippen molar-refractivity contribution in [3.05, 3.63) is 99.5 Å². The van der Waals surface area contributed by atoms with Crippen molar-refractivity contribution in [3.8, 4) is 5.75 Å². The molecule has 1 heterocycles. The van der Waals surface area contributed by atoms with Crippen LogP contribution in [0.3, 0.4) is 0 Å². The van der Waals surface area contributed by atoms with Gasteiger partial charge in [-0.25, -0.2) is 4.39 Å². The zero-order chi connectivity index (χ0) is 23.7. The fourth-order valence-corrected chi connectivity index (χ4v) is 3.94. The smallest absolute Gasteiger partial charge is 0.278 e. The Bertz CT molecular complexity index is 1300. The third-order valence-corrected chi connectivity index (χ3v) is 5.97. The summed E-state index contributed by atoms with van der Waals surface area (Å²) in [5.74, 6) is -1.02. The van der Waals surface area contributed by atoms with Crippen molar-refractivity contribution in [1.29, 1.82) is 0 Å². The number of aryl methyl sites for hydroxylation is 2. The van der Waals surface area contributed by atoms with Crippen LogP contribution >= 0.6 is 11.6 Å². The third-order valence-electron chi connectivity index (χ3n) is 5.67. The Morgan fingerprint density at radius 1 is 0.970 bits per heavy atom. The van der Waals surface area contributed by atoms with Gasteiger partial charge in [-0.1, -0.05) is 48.0 Å². The number of amides is 2. The first-order valence-electron chi connectivity index (χ1n) is 10.3. The van der Waals surface area contributed by atoms with Gasteiger partial charge in [0.2, 0.25) is 0 Å². The monoisotopic (exact) mass is 464 g/mol. The Morgan fingerprint density at radius 3 is 2.39 bits per heavy atom. The number of hydrogen-bond acceptors (Lipinski definition) is 4. The van der Waals surface area contributed by atoms with Crippen LogP contribution in [0.15, 0.2) is 66.4 Å². The fraction of sp³-hybridized carbons (Fsp3) is 0.154. The van der Waals surface area contributed by atoms with Gasteiger partial charge in [-0.05, 0) is 54.8 Å². The molecule has 0 atom stereocenters. The number of methoxy groups -OCH3 is 1. The van der Waals surface area contributed by atoms with Crippen LogP contribution < -0.4 is 10.1 Å². The molecule has 168 valence electrons. The number of anilines is 1. The maximum Gasteiger partial charge on any atom is 0.278 e. The van der Waals surface area contributed by atoms with Crippen LogP contribution in [-0.2, 0) is 16.1 Å². The normalized spacial score (nSPS) is 13.7. The Balaban J connectivity index is 1.78. The molecule has 0 spiro atoms. The van der Waals surface area contributed by atoms with Crippen LogP contribution in [0.5, 0.6) is 5.75 Å². The van der Waals surface area contributed by atoms with Crippen LogP contribution in [-0.4, -0.2) is 23.8 Å². The molecule has 1 N–H and O–H groups in total. The molecule has 0 unspecified atom stereocenters. The highest BCUT2D eigenvalue weighted by molar-refractivity contribution is 6.36. The minimum Gasteiger partial charge on any atom is -0.495 e. The van der Waals surface area contributed by atoms with Gasteiger partial charge in [0.15, 0.2) is 0 Å². The van der Waals surface area contributed by atoms with Gasteiger partial charge in [0.25, 0.3) is 11.8 Å². The molecule has 0 fully saturated rings. The van der Waals surface area contributed by atoms with Crippen molar-refractivity contribution < 1.29 is 18.7 Å². The van der Waals surface area contributed by atoms with E-state index < -0.39 is 17.6 Å². The highest BCUT2D eigenvalue weighted by atomic mass is 35.5. The van der Waals surface area contributed by atoms with Gasteiger partial charge < -0.3 is 10.1 Å². The predicted molar refractivity (Wildman–Crippen MR) is 126 cm³/mol. The first kappa shape index (κ1) is 22.6. The number of benzene rings is 3. The lowest BCUT2D eigenvalue weighted by Gasteiger charge is -2.16. The molecular formula is C26H22ClFN2O3. The molecule has 2 amide bonds. The van der Waals surface area contributed by atoms with Crippen molar-refractivity contribution in [2.24, 2.45) is 0 Å². The second-order valence-corrected chi connectivity index (χ2v) is 8.22. The summed E-state index contributed by atoms with van der Waals surface area (Å²) < 4.78 is 19.5. The highest BCUT2D eigenvalue weighted by Crippen LogP contribution is 2.34. The Kier molecular flexibility index (Phi) is 6.20. The molecule has 33 heavy (non-hydrogen) atoms. The summed E-state index contributed by atoms with van der Waals surface area (Å²) in [7, 11) is 1.51. The maximum atomic E-state index is 14.3. The molecule has 0 aromatic heterocycles. The van der Waals surface area contributed by atoms with E-state index in [1.165, 1.54) is 13.2 Å². The molecule has 0 saturated heterocycles. The van der Waals surface area contributed by atoms with E-state index in [0.29, 0.717) is 22.0 Å². The quantitative estimate of drug-likeness (QED) is 0.489. The van der Waals surface area contributed by atoms with E-state index in [9.17, 15) is 14.0 Å². The van der Waals surface area contributed by atoms with Crippen LogP contribution in [0.4, 0.5) is 10.1 Å². The summed E-state index contributed by atoms with van der Waals surface area (Å²) in [5, 5.41) is 3.42. The van der Waals surface area contributed by atoms with E-state index in [0.717, 1.165) is 16.0 Å². The third kappa shape index (κ3) is 4.34. The van der Waals surface area contributed by atoms with Gasteiger partial charge in [0.1, 0.15) is 17.3 Å². The largest absolute Gasteiger partial charge is 0.495 e. The van der Waals surface area contributed by atoms with Gasteiger partial charge in [-0.2, -0.15) is 0 Å².